The number of nitrogens with one attached hydrogen (secondary N) is 2. The molecule has 0 saturated heterocycles. The highest BCUT2D eigenvalue weighted by Crippen LogP contribution is 2.19. The summed E-state index contributed by atoms with van der Waals surface area (Å²) in [5.41, 5.74) is 3.27. The molecule has 2 amide bonds. The van der Waals surface area contributed by atoms with Crippen molar-refractivity contribution >= 4 is 46.6 Å². The third-order valence-electron chi connectivity index (χ3n) is 6.26. The van der Waals surface area contributed by atoms with Gasteiger partial charge in [-0.05, 0) is 72.2 Å². The average Bonchev–Trinajstić information content (AvgIpc) is 3.01. The molecular formula is C35H52ClN3O3S. The van der Waals surface area contributed by atoms with Crippen molar-refractivity contribution in [2.24, 2.45) is 0 Å². The molecule has 1 atom stereocenters. The Hall–Kier alpha value is -3.21. The summed E-state index contributed by atoms with van der Waals surface area (Å²) in [6.07, 6.45) is 10.1. The van der Waals surface area contributed by atoms with E-state index in [1.807, 2.05) is 82.0 Å². The number of para-hydroxylation sites is 1. The number of nitrogens with zero attached hydrogens (tertiary/aromatic N) is 1. The molecule has 2 N–H and O–H groups in total. The van der Waals surface area contributed by atoms with Crippen molar-refractivity contribution in [1.29, 1.82) is 0 Å². The van der Waals surface area contributed by atoms with Crippen LogP contribution in [-0.2, 0) is 9.59 Å². The maximum Gasteiger partial charge on any atom is 0.258 e. The number of anilines is 1. The van der Waals surface area contributed by atoms with Crippen LogP contribution in [0.15, 0.2) is 59.5 Å². The van der Waals surface area contributed by atoms with Crippen LogP contribution < -0.4 is 10.6 Å². The number of hydrogen-bond acceptors (Lipinski definition) is 5. The number of allylic oxidation sites excluding steroid dienone is 1. The minimum atomic E-state index is -0.826. The Labute approximate surface area is 270 Å². The van der Waals surface area contributed by atoms with Gasteiger partial charge in [0.25, 0.3) is 11.8 Å². The van der Waals surface area contributed by atoms with E-state index in [9.17, 15) is 14.4 Å². The summed E-state index contributed by atoms with van der Waals surface area (Å²) in [7, 11) is 0. The molecular weight excluding hydrogens is 578 g/mol. The molecule has 43 heavy (non-hydrogen) atoms. The quantitative estimate of drug-likeness (QED) is 0.140. The molecule has 0 radical (unpaired) electrons. The van der Waals surface area contributed by atoms with Crippen LogP contribution in [0.5, 0.6) is 0 Å². The Bertz CT molecular complexity index is 1160. The summed E-state index contributed by atoms with van der Waals surface area (Å²) in [6, 6.07) is 16.2. The molecule has 1 unspecified atom stereocenters. The maximum atomic E-state index is 12.9. The average molecular weight is 630 g/mol. The van der Waals surface area contributed by atoms with Crippen LogP contribution in [0.1, 0.15) is 83.3 Å². The number of amides is 2. The van der Waals surface area contributed by atoms with Gasteiger partial charge in [-0.3, -0.25) is 14.4 Å². The molecule has 2 aromatic carbocycles. The van der Waals surface area contributed by atoms with E-state index in [1.165, 1.54) is 17.3 Å². The fraction of sp³-hybridized carbons (Fsp3) is 0.457. The molecule has 0 heterocycles. The number of carbonyl (C=O) groups excluding carboxylic acids is 3. The molecule has 0 saturated carbocycles. The van der Waals surface area contributed by atoms with Crippen LogP contribution >= 0.6 is 23.4 Å². The number of ketones is 1. The van der Waals surface area contributed by atoms with Crippen LogP contribution in [0.2, 0.25) is 0 Å². The maximum absolute atomic E-state index is 12.9. The Morgan fingerprint density at radius 1 is 1.05 bits per heavy atom. The van der Waals surface area contributed by atoms with Gasteiger partial charge in [0.2, 0.25) is 0 Å². The summed E-state index contributed by atoms with van der Waals surface area (Å²) in [5.74, 6) is -0.139. The van der Waals surface area contributed by atoms with Crippen LogP contribution in [-0.4, -0.2) is 52.4 Å². The van der Waals surface area contributed by atoms with E-state index in [1.54, 1.807) is 33.8 Å². The number of rotatable bonds is 12. The summed E-state index contributed by atoms with van der Waals surface area (Å²) < 4.78 is 0. The van der Waals surface area contributed by atoms with E-state index in [0.717, 1.165) is 23.4 Å². The summed E-state index contributed by atoms with van der Waals surface area (Å²) >= 11 is 6.80. The largest absolute Gasteiger partial charge is 0.383 e. The van der Waals surface area contributed by atoms with E-state index in [4.69, 9.17) is 11.6 Å². The second kappa shape index (κ2) is 23.3. The van der Waals surface area contributed by atoms with Crippen LogP contribution in [0, 0.1) is 26.7 Å². The van der Waals surface area contributed by atoms with Crippen molar-refractivity contribution in [3.05, 3.63) is 76.2 Å². The zero-order chi connectivity index (χ0) is 33.6. The van der Waals surface area contributed by atoms with Crippen LogP contribution in [0.4, 0.5) is 5.69 Å². The van der Waals surface area contributed by atoms with Gasteiger partial charge in [0.15, 0.2) is 5.78 Å². The molecule has 0 aliphatic heterocycles. The van der Waals surface area contributed by atoms with E-state index < -0.39 is 5.54 Å². The number of aryl methyl sites for hydroxylation is 2. The number of halogens is 1. The monoisotopic (exact) mass is 629 g/mol. The van der Waals surface area contributed by atoms with Crippen LogP contribution in [0.25, 0.3) is 0 Å². The molecule has 0 spiro atoms. The molecule has 8 heteroatoms. The van der Waals surface area contributed by atoms with Crippen molar-refractivity contribution in [2.75, 3.05) is 23.6 Å². The second-order valence-electron chi connectivity index (χ2n) is 9.77. The Balaban J connectivity index is 0. The number of thioether (sulfide) groups is 1. The predicted molar refractivity (Wildman–Crippen MR) is 188 cm³/mol. The number of terminal acetylenes is 1. The first kappa shape index (κ1) is 41.9. The molecule has 0 aromatic heterocycles. The summed E-state index contributed by atoms with van der Waals surface area (Å²) in [5, 5.41) is 6.42. The fourth-order valence-corrected chi connectivity index (χ4v) is 4.81. The molecule has 0 fully saturated rings. The highest BCUT2D eigenvalue weighted by molar-refractivity contribution is 8.04. The van der Waals surface area contributed by atoms with Gasteiger partial charge in [-0.1, -0.05) is 62.7 Å². The molecule has 0 aliphatic rings. The molecule has 0 aliphatic carbocycles. The summed E-state index contributed by atoms with van der Waals surface area (Å²) in [6.45, 7) is 20.5. The first-order valence-corrected chi connectivity index (χ1v) is 16.1. The lowest BCUT2D eigenvalue weighted by molar-refractivity contribution is -0.128. The van der Waals surface area contributed by atoms with Crippen molar-refractivity contribution in [2.45, 2.75) is 87.2 Å². The smallest absolute Gasteiger partial charge is 0.258 e. The van der Waals surface area contributed by atoms with Gasteiger partial charge in [-0.15, -0.1) is 36.2 Å². The SMILES string of the molecule is C#C.C/C=C(\SCCl)C(=O)NC(C)(C)C(=O)CC.CC.CCN(C(=O)c1ccc(C)cc1C)C(C)CNc1ccccc1. The Kier molecular flexibility index (Phi) is 22.7. The third kappa shape index (κ3) is 15.2. The van der Waals surface area contributed by atoms with Gasteiger partial charge in [-0.25, -0.2) is 0 Å². The van der Waals surface area contributed by atoms with Crippen molar-refractivity contribution < 1.29 is 14.4 Å². The summed E-state index contributed by atoms with van der Waals surface area (Å²) in [4.78, 5) is 38.7. The Morgan fingerprint density at radius 2 is 1.63 bits per heavy atom. The van der Waals surface area contributed by atoms with E-state index in [2.05, 4.69) is 36.5 Å². The number of alkyl halides is 1. The molecule has 6 nitrogen and oxygen atoms in total. The molecule has 238 valence electrons. The number of carbonyl (C=O) groups is 3. The highest BCUT2D eigenvalue weighted by atomic mass is 35.5. The Morgan fingerprint density at radius 3 is 2.09 bits per heavy atom. The molecule has 2 rings (SSSR count). The lowest BCUT2D eigenvalue weighted by Crippen LogP contribution is -2.49. The first-order valence-electron chi connectivity index (χ1n) is 14.6. The predicted octanol–water partition coefficient (Wildman–Crippen LogP) is 8.24. The lowest BCUT2D eigenvalue weighted by atomic mass is 9.97. The molecule has 0 bridgehead atoms. The van der Waals surface area contributed by atoms with Gasteiger partial charge in [-0.2, -0.15) is 0 Å². The van der Waals surface area contributed by atoms with E-state index >= 15 is 0 Å². The fourth-order valence-electron chi connectivity index (χ4n) is 3.99. The van der Waals surface area contributed by atoms with Gasteiger partial charge < -0.3 is 15.5 Å². The van der Waals surface area contributed by atoms with Gasteiger partial charge in [0.05, 0.1) is 15.7 Å². The zero-order valence-corrected chi connectivity index (χ0v) is 29.3. The number of likely N-dealkylation sites (N-methyl/N-ethyl adjacent to an activating group) is 1. The molecule has 2 aromatic rings. The van der Waals surface area contributed by atoms with Gasteiger partial charge >= 0.3 is 0 Å². The number of hydrogen-bond donors (Lipinski definition) is 2. The minimum Gasteiger partial charge on any atom is -0.383 e. The van der Waals surface area contributed by atoms with E-state index in [0.29, 0.717) is 23.1 Å². The minimum absolute atomic E-state index is 0.00664. The van der Waals surface area contributed by atoms with Gasteiger partial charge in [0, 0.05) is 36.8 Å². The zero-order valence-electron chi connectivity index (χ0n) is 27.7. The van der Waals surface area contributed by atoms with Crippen LogP contribution in [0.3, 0.4) is 0 Å². The standard InChI is InChI=1S/C20H26N2O.C11H18ClNO2S.C2H6.C2H2/c1-5-22(17(4)14-21-18-9-7-6-8-10-18)20(23)19-12-11-15(2)13-16(19)3;1-5-8(16-7-12)10(15)13-11(3,4)9(14)6-2;2*1-2/h6-13,17,21H,5,14H2,1-4H3;5H,6-7H2,1-4H3,(H,13,15);1-2H3;1-2H/b;8-5-;;. The van der Waals surface area contributed by atoms with Crippen molar-refractivity contribution in [3.8, 4) is 12.8 Å². The lowest BCUT2D eigenvalue weighted by Gasteiger charge is -2.29. The van der Waals surface area contributed by atoms with Gasteiger partial charge in [0.1, 0.15) is 0 Å². The first-order chi connectivity index (χ1) is 20.4. The topological polar surface area (TPSA) is 78.5 Å². The highest BCUT2D eigenvalue weighted by Gasteiger charge is 2.28. The van der Waals surface area contributed by atoms with Crippen molar-refractivity contribution in [3.63, 3.8) is 0 Å². The van der Waals surface area contributed by atoms with Crippen molar-refractivity contribution in [1.82, 2.24) is 10.2 Å². The number of Topliss-reactive ketones (excluding diaryl/α,β-unsaturated/α-hetero) is 1. The third-order valence-corrected chi connectivity index (χ3v) is 7.43. The normalized spacial score (nSPS) is 11.1. The second-order valence-corrected chi connectivity index (χ2v) is 11.4. The number of benzene rings is 2. The van der Waals surface area contributed by atoms with E-state index in [-0.39, 0.29) is 23.6 Å².